The number of nitrogens with zero attached hydrogens (tertiary/aromatic N) is 3. The average molecular weight is 739 g/mol. The highest BCUT2D eigenvalue weighted by atomic mass is 35.5. The third kappa shape index (κ3) is 7.36. The monoisotopic (exact) mass is 738 g/mol. The molecule has 0 saturated carbocycles. The number of anilines is 2. The molecule has 1 aliphatic carbocycles. The molecule has 12 heteroatoms. The van der Waals surface area contributed by atoms with Crippen molar-refractivity contribution in [2.45, 2.75) is 50.5 Å². The molecule has 276 valence electrons. The van der Waals surface area contributed by atoms with E-state index in [1.807, 2.05) is 62.3 Å². The van der Waals surface area contributed by atoms with Crippen molar-refractivity contribution in [2.24, 2.45) is 0 Å². The topological polar surface area (TPSA) is 108 Å². The fraction of sp³-hybridized carbons (Fsp3) is 0.487. The minimum atomic E-state index is -4.14. The van der Waals surface area contributed by atoms with Crippen LogP contribution in [0.5, 0.6) is 0 Å². The maximum atomic E-state index is 14.3. The molecule has 0 bridgehead atoms. The number of nitrogens with one attached hydrogen (secondary N) is 1. The first-order chi connectivity index (χ1) is 24.2. The zero-order chi connectivity index (χ0) is 37.1. The van der Waals surface area contributed by atoms with Crippen molar-refractivity contribution in [1.29, 1.82) is 0 Å². The largest absolute Gasteiger partial charge is 0.379 e. The molecule has 51 heavy (non-hydrogen) atoms. The summed E-state index contributed by atoms with van der Waals surface area (Å²) in [6.07, 6.45) is 5.29. The maximum absolute atomic E-state index is 14.3. The molecule has 2 aliphatic rings. The van der Waals surface area contributed by atoms with Crippen LogP contribution in [0.4, 0.5) is 11.4 Å². The lowest BCUT2D eigenvalue weighted by molar-refractivity contribution is 0.0468. The van der Waals surface area contributed by atoms with Crippen LogP contribution in [-0.4, -0.2) is 97.8 Å². The van der Waals surface area contributed by atoms with Crippen molar-refractivity contribution in [2.75, 3.05) is 83.1 Å². The summed E-state index contributed by atoms with van der Waals surface area (Å²) in [4.78, 5) is 31.9. The lowest BCUT2D eigenvalue weighted by Gasteiger charge is -2.49. The number of halogens is 1. The molecule has 1 N–H and O–H groups in total. The first-order valence-electron chi connectivity index (χ1n) is 17.5. The third-order valence-corrected chi connectivity index (χ3v) is 11.3. The fourth-order valence-corrected chi connectivity index (χ4v) is 8.72. The summed E-state index contributed by atoms with van der Waals surface area (Å²) in [6.45, 7) is 6.41. The zero-order valence-electron chi connectivity index (χ0n) is 30.8. The van der Waals surface area contributed by atoms with Gasteiger partial charge >= 0.3 is 0 Å². The van der Waals surface area contributed by atoms with Gasteiger partial charge in [-0.25, -0.2) is 12.7 Å². The molecule has 0 fully saturated rings. The molecule has 2 amide bonds. The van der Waals surface area contributed by atoms with Crippen LogP contribution in [0.15, 0.2) is 54.6 Å². The van der Waals surface area contributed by atoms with E-state index in [2.05, 4.69) is 31.3 Å². The summed E-state index contributed by atoms with van der Waals surface area (Å²) in [5.74, 6) is -0.287. The standard InChI is InChI=1S/C39H51ClN4O6S/c1-38(2)34-25-28(42(3)4)13-16-31(34)39(32-17-14-29(43(5)6)26-35(32)38)33-24-27(12-15-30(33)37(46)44(39)51(7,47)48)36(45)41-19-21-50-23-22-49-20-11-9-8-10-18-40/h12-17,24-26H,8-11,18-23H2,1-7H3,(H,41,45). The van der Waals surface area contributed by atoms with Gasteiger partial charge < -0.3 is 24.6 Å². The Morgan fingerprint density at radius 2 is 1.33 bits per heavy atom. The van der Waals surface area contributed by atoms with Gasteiger partial charge in [-0.05, 0) is 77.6 Å². The van der Waals surface area contributed by atoms with Gasteiger partial charge in [0.15, 0.2) is 0 Å². The van der Waals surface area contributed by atoms with Crippen LogP contribution < -0.4 is 15.1 Å². The number of ether oxygens (including phenoxy) is 2. The number of unbranched alkanes of at least 4 members (excludes halogenated alkanes) is 3. The van der Waals surface area contributed by atoms with Crippen LogP contribution in [0.2, 0.25) is 0 Å². The van der Waals surface area contributed by atoms with E-state index in [1.165, 1.54) is 0 Å². The molecule has 10 nitrogen and oxygen atoms in total. The Bertz CT molecular complexity index is 1820. The number of hydrogen-bond acceptors (Lipinski definition) is 8. The second kappa shape index (κ2) is 15.5. The number of fused-ring (bicyclic) bond motifs is 6. The molecule has 0 aromatic heterocycles. The summed E-state index contributed by atoms with van der Waals surface area (Å²) in [7, 11) is 3.69. The quantitative estimate of drug-likeness (QED) is 0.147. The van der Waals surface area contributed by atoms with Crippen LogP contribution in [-0.2, 0) is 30.5 Å². The van der Waals surface area contributed by atoms with Crippen LogP contribution in [0.25, 0.3) is 0 Å². The Morgan fingerprint density at radius 1 is 0.765 bits per heavy atom. The second-order valence-electron chi connectivity index (χ2n) is 14.3. The lowest BCUT2D eigenvalue weighted by Crippen LogP contribution is -2.53. The Labute approximate surface area is 308 Å². The van der Waals surface area contributed by atoms with Gasteiger partial charge in [0.05, 0.1) is 26.1 Å². The van der Waals surface area contributed by atoms with Gasteiger partial charge in [0.1, 0.15) is 5.54 Å². The molecule has 0 saturated heterocycles. The number of carbonyl (C=O) groups is 2. The van der Waals surface area contributed by atoms with E-state index in [9.17, 15) is 18.0 Å². The van der Waals surface area contributed by atoms with E-state index in [0.29, 0.717) is 54.6 Å². The van der Waals surface area contributed by atoms with Gasteiger partial charge in [-0.3, -0.25) is 9.59 Å². The molecular formula is C39H51ClN4O6S. The van der Waals surface area contributed by atoms with Crippen LogP contribution in [0, 0.1) is 0 Å². The zero-order valence-corrected chi connectivity index (χ0v) is 32.4. The van der Waals surface area contributed by atoms with Crippen molar-refractivity contribution in [3.05, 3.63) is 93.5 Å². The summed E-state index contributed by atoms with van der Waals surface area (Å²) in [5, 5.41) is 2.91. The van der Waals surface area contributed by atoms with E-state index in [1.54, 1.807) is 18.2 Å². The van der Waals surface area contributed by atoms with Gasteiger partial charge in [-0.2, -0.15) is 0 Å². The van der Waals surface area contributed by atoms with Gasteiger partial charge in [-0.1, -0.05) is 38.8 Å². The van der Waals surface area contributed by atoms with Gasteiger partial charge in [0, 0.05) is 80.7 Å². The number of carbonyl (C=O) groups excluding carboxylic acids is 2. The Hall–Kier alpha value is -3.64. The highest BCUT2D eigenvalue weighted by Gasteiger charge is 2.61. The smallest absolute Gasteiger partial charge is 0.269 e. The molecular weight excluding hydrogens is 688 g/mol. The molecule has 0 radical (unpaired) electrons. The number of rotatable bonds is 16. The number of benzene rings is 3. The molecule has 1 heterocycles. The summed E-state index contributed by atoms with van der Waals surface area (Å²) in [6, 6.07) is 16.8. The Morgan fingerprint density at radius 3 is 1.88 bits per heavy atom. The van der Waals surface area contributed by atoms with E-state index in [0.717, 1.165) is 58.7 Å². The number of sulfonamides is 1. The van der Waals surface area contributed by atoms with Gasteiger partial charge in [0.25, 0.3) is 11.8 Å². The molecule has 0 unspecified atom stereocenters. The predicted octanol–water partition coefficient (Wildman–Crippen LogP) is 5.73. The van der Waals surface area contributed by atoms with Crippen LogP contribution in [0.1, 0.15) is 88.1 Å². The van der Waals surface area contributed by atoms with Gasteiger partial charge in [0.2, 0.25) is 10.0 Å². The molecule has 3 aromatic rings. The van der Waals surface area contributed by atoms with Crippen molar-refractivity contribution in [3.8, 4) is 0 Å². The van der Waals surface area contributed by atoms with E-state index < -0.39 is 26.9 Å². The maximum Gasteiger partial charge on any atom is 0.269 e. The normalized spacial score (nSPS) is 15.4. The van der Waals surface area contributed by atoms with Crippen molar-refractivity contribution < 1.29 is 27.5 Å². The van der Waals surface area contributed by atoms with E-state index in [-0.39, 0.29) is 18.0 Å². The minimum Gasteiger partial charge on any atom is -0.379 e. The molecule has 3 aromatic carbocycles. The fourth-order valence-electron chi connectivity index (χ4n) is 7.34. The lowest BCUT2D eigenvalue weighted by atomic mass is 9.60. The first-order valence-corrected chi connectivity index (χ1v) is 19.9. The number of hydrogen-bond donors (Lipinski definition) is 1. The van der Waals surface area contributed by atoms with Crippen LogP contribution in [0.3, 0.4) is 0 Å². The van der Waals surface area contributed by atoms with Gasteiger partial charge in [-0.15, -0.1) is 11.6 Å². The minimum absolute atomic E-state index is 0.240. The summed E-state index contributed by atoms with van der Waals surface area (Å²) in [5.41, 5.74) is 3.96. The highest BCUT2D eigenvalue weighted by Crippen LogP contribution is 2.59. The third-order valence-electron chi connectivity index (χ3n) is 9.96. The molecule has 5 rings (SSSR count). The first kappa shape index (κ1) is 38.6. The van der Waals surface area contributed by atoms with E-state index in [4.69, 9.17) is 21.1 Å². The summed E-state index contributed by atoms with van der Waals surface area (Å²) < 4.78 is 40.0. The highest BCUT2D eigenvalue weighted by molar-refractivity contribution is 7.89. The Balaban J connectivity index is 1.50. The second-order valence-corrected chi connectivity index (χ2v) is 16.5. The molecule has 1 aliphatic heterocycles. The van der Waals surface area contributed by atoms with E-state index >= 15 is 0 Å². The SMILES string of the molecule is CN(C)c1ccc2c(c1)C(C)(C)c1cc(N(C)C)ccc1C21c2cc(C(=O)NCCOCCOCCCCCCCl)ccc2C(=O)N1S(C)(=O)=O. The number of alkyl halides is 1. The molecule has 1 spiro atoms. The number of amides is 2. The molecule has 0 atom stereocenters. The van der Waals surface area contributed by atoms with Crippen molar-refractivity contribution in [3.63, 3.8) is 0 Å². The summed E-state index contributed by atoms with van der Waals surface area (Å²) >= 11 is 5.71. The van der Waals surface area contributed by atoms with Crippen molar-refractivity contribution >= 4 is 44.8 Å². The van der Waals surface area contributed by atoms with Crippen LogP contribution >= 0.6 is 11.6 Å². The predicted molar refractivity (Wildman–Crippen MR) is 204 cm³/mol. The average Bonchev–Trinajstić information content (AvgIpc) is 3.35. The Kier molecular flexibility index (Phi) is 11.8. The van der Waals surface area contributed by atoms with Crippen molar-refractivity contribution in [1.82, 2.24) is 9.62 Å².